The molecule has 6 heteroatoms. The SMILES string of the molecule is COc1c(C(=O)Nc2ccc(Cl)cc2)sc2ccc(F)cc12. The Labute approximate surface area is 135 Å². The number of benzene rings is 2. The topological polar surface area (TPSA) is 38.3 Å². The summed E-state index contributed by atoms with van der Waals surface area (Å²) in [5.41, 5.74) is 0.625. The van der Waals surface area contributed by atoms with Gasteiger partial charge in [0.05, 0.1) is 7.11 Å². The van der Waals surface area contributed by atoms with Gasteiger partial charge in [-0.2, -0.15) is 0 Å². The van der Waals surface area contributed by atoms with Crippen molar-refractivity contribution in [3.8, 4) is 5.75 Å². The number of thiophene rings is 1. The second-order valence-corrected chi connectivity index (χ2v) is 6.05. The molecule has 1 N–H and O–H groups in total. The fraction of sp³-hybridized carbons (Fsp3) is 0.0625. The molecule has 0 saturated carbocycles. The second-order valence-electron chi connectivity index (χ2n) is 4.57. The number of fused-ring (bicyclic) bond motifs is 1. The zero-order valence-electron chi connectivity index (χ0n) is 11.5. The zero-order chi connectivity index (χ0) is 15.7. The van der Waals surface area contributed by atoms with Gasteiger partial charge in [-0.1, -0.05) is 11.6 Å². The van der Waals surface area contributed by atoms with Crippen LogP contribution >= 0.6 is 22.9 Å². The normalized spacial score (nSPS) is 10.7. The highest BCUT2D eigenvalue weighted by atomic mass is 35.5. The van der Waals surface area contributed by atoms with Crippen molar-refractivity contribution in [2.75, 3.05) is 12.4 Å². The summed E-state index contributed by atoms with van der Waals surface area (Å²) in [5.74, 6) is -0.292. The van der Waals surface area contributed by atoms with E-state index >= 15 is 0 Å². The molecule has 1 amide bonds. The molecule has 1 heterocycles. The molecule has 0 bridgehead atoms. The first kappa shape index (κ1) is 14.8. The van der Waals surface area contributed by atoms with Crippen molar-refractivity contribution in [3.63, 3.8) is 0 Å². The first-order valence-corrected chi connectivity index (χ1v) is 7.61. The number of methoxy groups -OCH3 is 1. The summed E-state index contributed by atoms with van der Waals surface area (Å²) in [6.07, 6.45) is 0. The molecular weight excluding hydrogens is 325 g/mol. The minimum atomic E-state index is -0.367. The lowest BCUT2D eigenvalue weighted by atomic mass is 10.2. The van der Waals surface area contributed by atoms with Crippen molar-refractivity contribution in [1.82, 2.24) is 0 Å². The van der Waals surface area contributed by atoms with E-state index in [9.17, 15) is 9.18 Å². The Hall–Kier alpha value is -2.11. The van der Waals surface area contributed by atoms with Crippen molar-refractivity contribution in [3.05, 3.63) is 58.2 Å². The second kappa shape index (κ2) is 5.94. The highest BCUT2D eigenvalue weighted by molar-refractivity contribution is 7.21. The maximum atomic E-state index is 13.4. The molecule has 0 aliphatic carbocycles. The number of carbonyl (C=O) groups is 1. The number of anilines is 1. The molecule has 0 aliphatic rings. The summed E-state index contributed by atoms with van der Waals surface area (Å²) in [5, 5.41) is 3.96. The summed E-state index contributed by atoms with van der Waals surface area (Å²) in [4.78, 5) is 12.8. The number of ether oxygens (including phenoxy) is 1. The van der Waals surface area contributed by atoms with E-state index < -0.39 is 0 Å². The maximum absolute atomic E-state index is 13.4. The minimum absolute atomic E-state index is 0.305. The van der Waals surface area contributed by atoms with Crippen LogP contribution in [0, 0.1) is 5.82 Å². The fourth-order valence-electron chi connectivity index (χ4n) is 2.12. The summed E-state index contributed by atoms with van der Waals surface area (Å²) >= 11 is 7.07. The average molecular weight is 336 g/mol. The van der Waals surface area contributed by atoms with Crippen LogP contribution in [0.1, 0.15) is 9.67 Å². The predicted octanol–water partition coefficient (Wildman–Crippen LogP) is 4.95. The highest BCUT2D eigenvalue weighted by Crippen LogP contribution is 2.38. The van der Waals surface area contributed by atoms with Crippen LogP contribution in [0.5, 0.6) is 5.75 Å². The van der Waals surface area contributed by atoms with Gasteiger partial charge < -0.3 is 10.1 Å². The molecule has 3 nitrogen and oxygen atoms in total. The maximum Gasteiger partial charge on any atom is 0.269 e. The molecule has 2 aromatic carbocycles. The van der Waals surface area contributed by atoms with Crippen molar-refractivity contribution in [2.45, 2.75) is 0 Å². The third-order valence-corrected chi connectivity index (χ3v) is 4.52. The van der Waals surface area contributed by atoms with Crippen LogP contribution < -0.4 is 10.1 Å². The van der Waals surface area contributed by atoms with Crippen LogP contribution in [-0.2, 0) is 0 Å². The Kier molecular flexibility index (Phi) is 4.00. The van der Waals surface area contributed by atoms with Crippen LogP contribution in [0.15, 0.2) is 42.5 Å². The van der Waals surface area contributed by atoms with Gasteiger partial charge in [0.1, 0.15) is 16.4 Å². The van der Waals surface area contributed by atoms with E-state index in [1.165, 1.54) is 30.6 Å². The Balaban J connectivity index is 1.98. The molecule has 22 heavy (non-hydrogen) atoms. The molecular formula is C16H11ClFNO2S. The molecule has 112 valence electrons. The Morgan fingerprint density at radius 1 is 1.23 bits per heavy atom. The molecule has 0 atom stereocenters. The predicted molar refractivity (Wildman–Crippen MR) is 87.7 cm³/mol. The molecule has 0 spiro atoms. The average Bonchev–Trinajstić information content (AvgIpc) is 2.87. The van der Waals surface area contributed by atoms with E-state index in [0.29, 0.717) is 26.7 Å². The van der Waals surface area contributed by atoms with Crippen LogP contribution in [0.25, 0.3) is 10.1 Å². The molecule has 0 radical (unpaired) electrons. The van der Waals surface area contributed by atoms with E-state index in [2.05, 4.69) is 5.32 Å². The number of hydrogen-bond acceptors (Lipinski definition) is 3. The molecule has 0 aliphatic heterocycles. The van der Waals surface area contributed by atoms with Gasteiger partial charge in [0.25, 0.3) is 5.91 Å². The third-order valence-electron chi connectivity index (χ3n) is 3.12. The first-order chi connectivity index (χ1) is 10.6. The smallest absolute Gasteiger partial charge is 0.269 e. The molecule has 3 rings (SSSR count). The van der Waals surface area contributed by atoms with Crippen LogP contribution in [0.2, 0.25) is 5.02 Å². The van der Waals surface area contributed by atoms with E-state index in [4.69, 9.17) is 16.3 Å². The van der Waals surface area contributed by atoms with Gasteiger partial charge in [-0.05, 0) is 42.5 Å². The monoisotopic (exact) mass is 335 g/mol. The van der Waals surface area contributed by atoms with Crippen molar-refractivity contribution in [2.24, 2.45) is 0 Å². The van der Waals surface area contributed by atoms with Crippen LogP contribution in [0.4, 0.5) is 10.1 Å². The lowest BCUT2D eigenvalue weighted by Gasteiger charge is -2.05. The number of halogens is 2. The summed E-state index contributed by atoms with van der Waals surface area (Å²) < 4.78 is 19.5. The molecule has 0 fully saturated rings. The van der Waals surface area contributed by atoms with Gasteiger partial charge in [0.15, 0.2) is 0 Å². The number of carbonyl (C=O) groups excluding carboxylic acids is 1. The van der Waals surface area contributed by atoms with E-state index in [1.807, 2.05) is 0 Å². The largest absolute Gasteiger partial charge is 0.494 e. The standard InChI is InChI=1S/C16H11ClFNO2S/c1-21-14-12-8-10(18)4-7-13(12)22-15(14)16(20)19-11-5-2-9(17)3-6-11/h2-8H,1H3,(H,19,20). The van der Waals surface area contributed by atoms with Crippen molar-refractivity contribution < 1.29 is 13.9 Å². The van der Waals surface area contributed by atoms with Gasteiger partial charge in [-0.3, -0.25) is 4.79 Å². The third kappa shape index (κ3) is 2.77. The van der Waals surface area contributed by atoms with Crippen LogP contribution in [-0.4, -0.2) is 13.0 Å². The quantitative estimate of drug-likeness (QED) is 0.735. The first-order valence-electron chi connectivity index (χ1n) is 6.41. The van der Waals surface area contributed by atoms with Gasteiger partial charge in [0.2, 0.25) is 0 Å². The molecule has 1 aromatic heterocycles. The Morgan fingerprint density at radius 2 is 1.95 bits per heavy atom. The highest BCUT2D eigenvalue weighted by Gasteiger charge is 2.19. The van der Waals surface area contributed by atoms with E-state index in [-0.39, 0.29) is 11.7 Å². The lowest BCUT2D eigenvalue weighted by Crippen LogP contribution is -2.11. The number of amides is 1. The van der Waals surface area contributed by atoms with E-state index in [0.717, 1.165) is 4.70 Å². The van der Waals surface area contributed by atoms with Gasteiger partial charge in [0, 0.05) is 20.8 Å². The summed E-state index contributed by atoms with van der Waals surface area (Å²) in [7, 11) is 1.46. The number of hydrogen-bond donors (Lipinski definition) is 1. The van der Waals surface area contributed by atoms with Crippen molar-refractivity contribution >= 4 is 44.6 Å². The fourth-order valence-corrected chi connectivity index (χ4v) is 3.29. The Morgan fingerprint density at radius 3 is 2.64 bits per heavy atom. The molecule has 3 aromatic rings. The van der Waals surface area contributed by atoms with Crippen LogP contribution in [0.3, 0.4) is 0 Å². The number of rotatable bonds is 3. The van der Waals surface area contributed by atoms with Crippen molar-refractivity contribution in [1.29, 1.82) is 0 Å². The summed E-state index contributed by atoms with van der Waals surface area (Å²) in [6, 6.07) is 11.2. The minimum Gasteiger partial charge on any atom is -0.494 e. The van der Waals surface area contributed by atoms with Gasteiger partial charge in [-0.15, -0.1) is 11.3 Å². The lowest BCUT2D eigenvalue weighted by molar-refractivity contribution is 0.102. The van der Waals surface area contributed by atoms with Gasteiger partial charge in [-0.25, -0.2) is 4.39 Å². The molecule has 0 saturated heterocycles. The summed E-state index contributed by atoms with van der Waals surface area (Å²) in [6.45, 7) is 0. The Bertz CT molecular complexity index is 845. The zero-order valence-corrected chi connectivity index (χ0v) is 13.1. The molecule has 0 unspecified atom stereocenters. The van der Waals surface area contributed by atoms with E-state index in [1.54, 1.807) is 30.3 Å². The van der Waals surface area contributed by atoms with Gasteiger partial charge >= 0.3 is 0 Å². The number of nitrogens with one attached hydrogen (secondary N) is 1.